The first-order valence-corrected chi connectivity index (χ1v) is 8.12. The highest BCUT2D eigenvalue weighted by molar-refractivity contribution is 6.30. The van der Waals surface area contributed by atoms with Crippen molar-refractivity contribution < 1.29 is 14.3 Å². The quantitative estimate of drug-likeness (QED) is 0.847. The number of amides is 1. The van der Waals surface area contributed by atoms with Crippen LogP contribution in [0.5, 0.6) is 0 Å². The van der Waals surface area contributed by atoms with Gasteiger partial charge in [-0.3, -0.25) is 9.59 Å². The fourth-order valence-corrected chi connectivity index (χ4v) is 2.87. The molecule has 1 fully saturated rings. The van der Waals surface area contributed by atoms with Gasteiger partial charge in [-0.1, -0.05) is 43.5 Å². The summed E-state index contributed by atoms with van der Waals surface area (Å²) < 4.78 is 5.03. The topological polar surface area (TPSA) is 55.4 Å². The molecule has 0 aliphatic heterocycles. The van der Waals surface area contributed by atoms with Crippen molar-refractivity contribution in [3.63, 3.8) is 0 Å². The van der Waals surface area contributed by atoms with E-state index in [9.17, 15) is 9.59 Å². The van der Waals surface area contributed by atoms with Crippen LogP contribution in [0, 0.1) is 5.92 Å². The molecular formula is C17H22ClNO3. The highest BCUT2D eigenvalue weighted by atomic mass is 35.5. The van der Waals surface area contributed by atoms with Gasteiger partial charge >= 0.3 is 5.97 Å². The van der Waals surface area contributed by atoms with Gasteiger partial charge in [0.05, 0.1) is 6.42 Å². The lowest BCUT2D eigenvalue weighted by atomic mass is 9.86. The molecule has 2 atom stereocenters. The van der Waals surface area contributed by atoms with Gasteiger partial charge in [0.15, 0.2) is 6.61 Å². The van der Waals surface area contributed by atoms with Crippen molar-refractivity contribution in [2.45, 2.75) is 45.1 Å². The lowest BCUT2D eigenvalue weighted by Gasteiger charge is -2.29. The summed E-state index contributed by atoms with van der Waals surface area (Å²) in [4.78, 5) is 23.6. The predicted molar refractivity (Wildman–Crippen MR) is 85.7 cm³/mol. The van der Waals surface area contributed by atoms with Crippen LogP contribution in [0.25, 0.3) is 0 Å². The van der Waals surface area contributed by atoms with E-state index in [4.69, 9.17) is 16.3 Å². The van der Waals surface area contributed by atoms with Crippen LogP contribution in [0.2, 0.25) is 5.02 Å². The molecule has 0 heterocycles. The third kappa shape index (κ3) is 5.34. The molecule has 1 aliphatic rings. The average Bonchev–Trinajstić information content (AvgIpc) is 2.50. The van der Waals surface area contributed by atoms with E-state index in [1.807, 2.05) is 0 Å². The van der Waals surface area contributed by atoms with Gasteiger partial charge < -0.3 is 10.1 Å². The highest BCUT2D eigenvalue weighted by Gasteiger charge is 2.23. The van der Waals surface area contributed by atoms with Gasteiger partial charge in [0, 0.05) is 11.1 Å². The molecule has 1 saturated carbocycles. The van der Waals surface area contributed by atoms with E-state index >= 15 is 0 Å². The van der Waals surface area contributed by atoms with E-state index in [1.165, 1.54) is 6.42 Å². The van der Waals surface area contributed by atoms with E-state index in [0.29, 0.717) is 10.9 Å². The van der Waals surface area contributed by atoms with E-state index in [1.54, 1.807) is 24.3 Å². The fourth-order valence-electron chi connectivity index (χ4n) is 2.75. The summed E-state index contributed by atoms with van der Waals surface area (Å²) in [5.74, 6) is -0.139. The molecular weight excluding hydrogens is 302 g/mol. The van der Waals surface area contributed by atoms with Crippen molar-refractivity contribution >= 4 is 23.5 Å². The van der Waals surface area contributed by atoms with E-state index in [-0.39, 0.29) is 25.0 Å². The Morgan fingerprint density at radius 3 is 2.59 bits per heavy atom. The van der Waals surface area contributed by atoms with Crippen molar-refractivity contribution in [2.24, 2.45) is 5.92 Å². The summed E-state index contributed by atoms with van der Waals surface area (Å²) in [5, 5.41) is 3.58. The number of rotatable bonds is 5. The minimum absolute atomic E-state index is 0.143. The molecule has 0 radical (unpaired) electrons. The lowest BCUT2D eigenvalue weighted by molar-refractivity contribution is -0.148. The van der Waals surface area contributed by atoms with Crippen LogP contribution >= 0.6 is 11.6 Å². The molecule has 0 aromatic heterocycles. The van der Waals surface area contributed by atoms with Crippen molar-refractivity contribution in [3.8, 4) is 0 Å². The zero-order valence-corrected chi connectivity index (χ0v) is 13.6. The Morgan fingerprint density at radius 1 is 1.23 bits per heavy atom. The second kappa shape index (κ2) is 8.18. The van der Waals surface area contributed by atoms with Crippen molar-refractivity contribution in [3.05, 3.63) is 34.9 Å². The molecule has 120 valence electrons. The molecule has 1 aromatic rings. The molecule has 5 heteroatoms. The standard InChI is InChI=1S/C17H22ClNO3/c1-12-4-2-3-5-15(12)19-16(20)11-22-17(21)10-13-6-8-14(18)9-7-13/h6-9,12,15H,2-5,10-11H2,1H3,(H,19,20)/t12-,15-/m0/s1. The molecule has 0 bridgehead atoms. The Morgan fingerprint density at radius 2 is 1.91 bits per heavy atom. The van der Waals surface area contributed by atoms with Crippen LogP contribution in [0.3, 0.4) is 0 Å². The van der Waals surface area contributed by atoms with Crippen molar-refractivity contribution in [1.82, 2.24) is 5.32 Å². The Labute approximate surface area is 136 Å². The maximum absolute atomic E-state index is 11.9. The van der Waals surface area contributed by atoms with Gasteiger partial charge in [0.2, 0.25) is 0 Å². The number of hydrogen-bond donors (Lipinski definition) is 1. The van der Waals surface area contributed by atoms with Gasteiger partial charge in [-0.15, -0.1) is 0 Å². The maximum Gasteiger partial charge on any atom is 0.310 e. The summed E-state index contributed by atoms with van der Waals surface area (Å²) in [6.45, 7) is 1.94. The third-order valence-electron chi connectivity index (χ3n) is 4.08. The third-order valence-corrected chi connectivity index (χ3v) is 4.34. The maximum atomic E-state index is 11.9. The number of nitrogens with one attached hydrogen (secondary N) is 1. The lowest BCUT2D eigenvalue weighted by Crippen LogP contribution is -2.42. The monoisotopic (exact) mass is 323 g/mol. The second-order valence-electron chi connectivity index (χ2n) is 5.90. The zero-order chi connectivity index (χ0) is 15.9. The Kier molecular flexibility index (Phi) is 6.25. The summed E-state index contributed by atoms with van der Waals surface area (Å²) in [7, 11) is 0. The van der Waals surface area contributed by atoms with Gasteiger partial charge in [0.1, 0.15) is 0 Å². The normalized spacial score (nSPS) is 21.2. The van der Waals surface area contributed by atoms with E-state index in [2.05, 4.69) is 12.2 Å². The molecule has 1 N–H and O–H groups in total. The van der Waals surface area contributed by atoms with E-state index < -0.39 is 5.97 Å². The van der Waals surface area contributed by atoms with Crippen LogP contribution in [-0.2, 0) is 20.7 Å². The van der Waals surface area contributed by atoms with Gasteiger partial charge in [-0.25, -0.2) is 0 Å². The molecule has 1 amide bonds. The first kappa shape index (κ1) is 16.8. The summed E-state index contributed by atoms with van der Waals surface area (Å²) >= 11 is 5.79. The average molecular weight is 324 g/mol. The molecule has 4 nitrogen and oxygen atoms in total. The summed E-state index contributed by atoms with van der Waals surface area (Å²) in [6.07, 6.45) is 4.66. The van der Waals surface area contributed by atoms with Crippen molar-refractivity contribution in [1.29, 1.82) is 0 Å². The Hall–Kier alpha value is -1.55. The number of ether oxygens (including phenoxy) is 1. The number of carbonyl (C=O) groups excluding carboxylic acids is 2. The molecule has 1 aliphatic carbocycles. The van der Waals surface area contributed by atoms with Crippen LogP contribution in [-0.4, -0.2) is 24.5 Å². The molecule has 0 unspecified atom stereocenters. The molecule has 0 saturated heterocycles. The highest BCUT2D eigenvalue weighted by Crippen LogP contribution is 2.23. The SMILES string of the molecule is C[C@H]1CCCC[C@@H]1NC(=O)COC(=O)Cc1ccc(Cl)cc1. The number of benzene rings is 1. The number of halogens is 1. The number of hydrogen-bond acceptors (Lipinski definition) is 3. The minimum atomic E-state index is -0.408. The van der Waals surface area contributed by atoms with Gasteiger partial charge in [-0.2, -0.15) is 0 Å². The largest absolute Gasteiger partial charge is 0.455 e. The van der Waals surface area contributed by atoms with Crippen molar-refractivity contribution in [2.75, 3.05) is 6.61 Å². The van der Waals surface area contributed by atoms with Crippen LogP contribution in [0.1, 0.15) is 38.2 Å². The van der Waals surface area contributed by atoms with Crippen LogP contribution in [0.15, 0.2) is 24.3 Å². The first-order valence-electron chi connectivity index (χ1n) is 7.74. The number of carbonyl (C=O) groups is 2. The Bertz CT molecular complexity index is 515. The van der Waals surface area contributed by atoms with E-state index in [0.717, 1.165) is 24.8 Å². The summed E-state index contributed by atoms with van der Waals surface area (Å²) in [6, 6.07) is 7.19. The first-order chi connectivity index (χ1) is 10.5. The predicted octanol–water partition coefficient (Wildman–Crippen LogP) is 3.12. The van der Waals surface area contributed by atoms with Crippen LogP contribution in [0.4, 0.5) is 0 Å². The molecule has 2 rings (SSSR count). The molecule has 22 heavy (non-hydrogen) atoms. The Balaban J connectivity index is 1.71. The summed E-state index contributed by atoms with van der Waals surface area (Å²) in [5.41, 5.74) is 0.815. The van der Waals surface area contributed by atoms with Gasteiger partial charge in [0.25, 0.3) is 5.91 Å². The molecule has 0 spiro atoms. The van der Waals surface area contributed by atoms with Gasteiger partial charge in [-0.05, 0) is 36.5 Å². The number of esters is 1. The minimum Gasteiger partial charge on any atom is -0.455 e. The smallest absolute Gasteiger partial charge is 0.310 e. The van der Waals surface area contributed by atoms with Crippen LogP contribution < -0.4 is 5.32 Å². The zero-order valence-electron chi connectivity index (χ0n) is 12.8. The molecule has 1 aromatic carbocycles. The second-order valence-corrected chi connectivity index (χ2v) is 6.34. The fraction of sp³-hybridized carbons (Fsp3) is 0.529.